The topological polar surface area (TPSA) is 82.3 Å². The summed E-state index contributed by atoms with van der Waals surface area (Å²) in [5.74, 6) is 0.540. The number of rotatable bonds is 6. The molecule has 0 spiro atoms. The molecule has 0 radical (unpaired) electrons. The highest BCUT2D eigenvalue weighted by Gasteiger charge is 2.19. The van der Waals surface area contributed by atoms with Gasteiger partial charge in [0.2, 0.25) is 6.29 Å². The van der Waals surface area contributed by atoms with Crippen molar-refractivity contribution in [1.29, 1.82) is 5.26 Å². The summed E-state index contributed by atoms with van der Waals surface area (Å²) in [6, 6.07) is 20.5. The van der Waals surface area contributed by atoms with E-state index in [1.807, 2.05) is 44.2 Å². The van der Waals surface area contributed by atoms with E-state index < -0.39 is 6.29 Å². The minimum Gasteiger partial charge on any atom is -0.459 e. The normalized spacial score (nSPS) is 14.8. The first-order chi connectivity index (χ1) is 16.5. The Balaban J connectivity index is 1.45. The van der Waals surface area contributed by atoms with Crippen molar-refractivity contribution >= 4 is 11.6 Å². The average Bonchev–Trinajstić information content (AvgIpc) is 2.85. The van der Waals surface area contributed by atoms with Gasteiger partial charge in [-0.25, -0.2) is 0 Å². The fourth-order valence-corrected chi connectivity index (χ4v) is 4.74. The Morgan fingerprint density at radius 1 is 1.03 bits per heavy atom. The van der Waals surface area contributed by atoms with Gasteiger partial charge in [-0.3, -0.25) is 4.79 Å². The molecular formula is C29H30N2O3. The fourth-order valence-electron chi connectivity index (χ4n) is 4.74. The lowest BCUT2D eigenvalue weighted by Crippen LogP contribution is -2.14. The van der Waals surface area contributed by atoms with Crippen LogP contribution in [0.2, 0.25) is 0 Å². The van der Waals surface area contributed by atoms with E-state index in [0.29, 0.717) is 22.7 Å². The number of hydrogen-bond donors (Lipinski definition) is 2. The van der Waals surface area contributed by atoms with Crippen molar-refractivity contribution < 1.29 is 14.6 Å². The molecule has 34 heavy (non-hydrogen) atoms. The molecule has 1 atom stereocenters. The van der Waals surface area contributed by atoms with Crippen LogP contribution in [-0.4, -0.2) is 11.0 Å². The number of aliphatic hydroxyl groups is 1. The first-order valence-electron chi connectivity index (χ1n) is 11.8. The molecule has 0 saturated heterocycles. The van der Waals surface area contributed by atoms with Crippen molar-refractivity contribution in [2.45, 2.75) is 58.2 Å². The van der Waals surface area contributed by atoms with Gasteiger partial charge in [0.05, 0.1) is 5.56 Å². The summed E-state index contributed by atoms with van der Waals surface area (Å²) in [5.41, 5.74) is 5.05. The second-order valence-corrected chi connectivity index (χ2v) is 9.01. The second kappa shape index (κ2) is 10.5. The molecule has 1 aliphatic rings. The van der Waals surface area contributed by atoms with Gasteiger partial charge in [0.25, 0.3) is 5.91 Å². The number of carbonyl (C=O) groups is 1. The Bertz CT molecular complexity index is 1180. The van der Waals surface area contributed by atoms with Crippen molar-refractivity contribution in [3.63, 3.8) is 0 Å². The molecule has 1 aliphatic carbocycles. The maximum absolute atomic E-state index is 12.8. The van der Waals surface area contributed by atoms with Gasteiger partial charge in [-0.1, -0.05) is 49.6 Å². The van der Waals surface area contributed by atoms with Crippen molar-refractivity contribution in [2.75, 3.05) is 5.32 Å². The zero-order chi connectivity index (χ0) is 24.1. The predicted octanol–water partition coefficient (Wildman–Crippen LogP) is 6.55. The number of hydrogen-bond acceptors (Lipinski definition) is 4. The lowest BCUT2D eigenvalue weighted by atomic mass is 9.84. The van der Waals surface area contributed by atoms with Crippen LogP contribution in [0.25, 0.3) is 0 Å². The van der Waals surface area contributed by atoms with E-state index in [1.54, 1.807) is 12.1 Å². The molecule has 5 heteroatoms. The molecule has 0 aliphatic heterocycles. The second-order valence-electron chi connectivity index (χ2n) is 9.01. The Morgan fingerprint density at radius 3 is 2.35 bits per heavy atom. The smallest absolute Gasteiger partial charge is 0.255 e. The Morgan fingerprint density at radius 2 is 1.71 bits per heavy atom. The molecule has 174 valence electrons. The van der Waals surface area contributed by atoms with E-state index in [2.05, 4.69) is 23.5 Å². The molecule has 3 aromatic carbocycles. The molecular weight excluding hydrogens is 424 g/mol. The summed E-state index contributed by atoms with van der Waals surface area (Å²) in [6.45, 7) is 3.80. The number of nitrogens with zero attached hydrogens (tertiary/aromatic N) is 1. The Labute approximate surface area is 201 Å². The van der Waals surface area contributed by atoms with Gasteiger partial charge in [-0.05, 0) is 79.6 Å². The van der Waals surface area contributed by atoms with Gasteiger partial charge in [0.1, 0.15) is 11.8 Å². The van der Waals surface area contributed by atoms with Crippen LogP contribution in [0.5, 0.6) is 5.75 Å². The highest BCUT2D eigenvalue weighted by atomic mass is 16.6. The van der Waals surface area contributed by atoms with Crippen LogP contribution in [0.1, 0.15) is 82.5 Å². The van der Waals surface area contributed by atoms with E-state index in [9.17, 15) is 15.2 Å². The Kier molecular flexibility index (Phi) is 7.30. The number of amides is 1. The van der Waals surface area contributed by atoms with E-state index in [-0.39, 0.29) is 17.2 Å². The van der Waals surface area contributed by atoms with E-state index in [1.165, 1.54) is 43.7 Å². The van der Waals surface area contributed by atoms with Crippen LogP contribution in [0.4, 0.5) is 5.69 Å². The van der Waals surface area contributed by atoms with Gasteiger partial charge >= 0.3 is 0 Å². The molecule has 1 fully saturated rings. The summed E-state index contributed by atoms with van der Waals surface area (Å²) >= 11 is 0. The van der Waals surface area contributed by atoms with Crippen molar-refractivity contribution in [1.82, 2.24) is 0 Å². The third-order valence-electron chi connectivity index (χ3n) is 6.64. The van der Waals surface area contributed by atoms with E-state index in [4.69, 9.17) is 4.74 Å². The number of anilines is 1. The molecule has 1 saturated carbocycles. The van der Waals surface area contributed by atoms with E-state index in [0.717, 1.165) is 11.1 Å². The van der Waals surface area contributed by atoms with Crippen LogP contribution >= 0.6 is 0 Å². The molecule has 3 aromatic rings. The number of ether oxygens (including phenoxy) is 1. The van der Waals surface area contributed by atoms with Gasteiger partial charge < -0.3 is 15.2 Å². The molecule has 4 rings (SSSR count). The molecule has 2 N–H and O–H groups in total. The maximum atomic E-state index is 12.8. The minimum atomic E-state index is -1.21. The first-order valence-corrected chi connectivity index (χ1v) is 11.8. The SMILES string of the molecule is Cc1cccc(C)c1C(O)Oc1ccc(C(=O)Nc2ccc(C3CCCCC3)cc2)cc1C#N. The van der Waals surface area contributed by atoms with Crippen LogP contribution in [0.15, 0.2) is 60.7 Å². The summed E-state index contributed by atoms with van der Waals surface area (Å²) in [6.07, 6.45) is 5.14. The zero-order valence-electron chi connectivity index (χ0n) is 19.7. The molecule has 5 nitrogen and oxygen atoms in total. The van der Waals surface area contributed by atoms with Crippen LogP contribution in [0, 0.1) is 25.2 Å². The number of nitriles is 1. The highest BCUT2D eigenvalue weighted by molar-refractivity contribution is 6.04. The number of aliphatic hydroxyl groups excluding tert-OH is 1. The number of carbonyl (C=O) groups excluding carboxylic acids is 1. The molecule has 0 aromatic heterocycles. The first kappa shape index (κ1) is 23.5. The monoisotopic (exact) mass is 454 g/mol. The summed E-state index contributed by atoms with van der Waals surface area (Å²) in [4.78, 5) is 12.8. The van der Waals surface area contributed by atoms with Gasteiger partial charge in [0, 0.05) is 16.8 Å². The van der Waals surface area contributed by atoms with Gasteiger partial charge in [-0.15, -0.1) is 0 Å². The molecule has 0 heterocycles. The fraction of sp³-hybridized carbons (Fsp3) is 0.310. The zero-order valence-corrected chi connectivity index (χ0v) is 19.7. The number of benzene rings is 3. The average molecular weight is 455 g/mol. The lowest BCUT2D eigenvalue weighted by molar-refractivity contribution is -0.0205. The summed E-state index contributed by atoms with van der Waals surface area (Å²) in [5, 5.41) is 23.2. The standard InChI is InChI=1S/C29H30N2O3/c1-19-7-6-8-20(2)27(19)29(33)34-26-16-13-23(17-24(26)18-30)28(32)31-25-14-11-22(12-15-25)21-9-4-3-5-10-21/h6-8,11-17,21,29,33H,3-5,9-10H2,1-2H3,(H,31,32). The van der Waals surface area contributed by atoms with E-state index >= 15 is 0 Å². The number of nitrogens with one attached hydrogen (secondary N) is 1. The quantitative estimate of drug-likeness (QED) is 0.414. The summed E-state index contributed by atoms with van der Waals surface area (Å²) in [7, 11) is 0. The van der Waals surface area contributed by atoms with Crippen LogP contribution < -0.4 is 10.1 Å². The van der Waals surface area contributed by atoms with Crippen molar-refractivity contribution in [3.05, 3.63) is 94.0 Å². The van der Waals surface area contributed by atoms with Gasteiger partial charge in [-0.2, -0.15) is 5.26 Å². The highest BCUT2D eigenvalue weighted by Crippen LogP contribution is 2.33. The third-order valence-corrected chi connectivity index (χ3v) is 6.64. The van der Waals surface area contributed by atoms with Crippen LogP contribution in [-0.2, 0) is 0 Å². The van der Waals surface area contributed by atoms with Crippen molar-refractivity contribution in [3.8, 4) is 11.8 Å². The predicted molar refractivity (Wildman–Crippen MR) is 133 cm³/mol. The molecule has 1 amide bonds. The Hall–Kier alpha value is -3.62. The maximum Gasteiger partial charge on any atom is 0.255 e. The van der Waals surface area contributed by atoms with Crippen LogP contribution in [0.3, 0.4) is 0 Å². The summed E-state index contributed by atoms with van der Waals surface area (Å²) < 4.78 is 5.71. The molecule has 1 unspecified atom stereocenters. The van der Waals surface area contributed by atoms with Gasteiger partial charge in [0.15, 0.2) is 0 Å². The minimum absolute atomic E-state index is 0.186. The third kappa shape index (κ3) is 5.30. The largest absolute Gasteiger partial charge is 0.459 e. The number of aryl methyl sites for hydroxylation is 2. The lowest BCUT2D eigenvalue weighted by Gasteiger charge is -2.22. The van der Waals surface area contributed by atoms with Crippen molar-refractivity contribution in [2.24, 2.45) is 0 Å². The molecule has 0 bridgehead atoms.